The second-order valence-electron chi connectivity index (χ2n) is 4.71. The van der Waals surface area contributed by atoms with E-state index in [1.165, 1.54) is 12.1 Å². The molecule has 1 N–H and O–H groups in total. The number of benzene rings is 1. The highest BCUT2D eigenvalue weighted by atomic mass is 19.1. The third kappa shape index (κ3) is 4.10. The van der Waals surface area contributed by atoms with Crippen LogP contribution in [0.2, 0.25) is 0 Å². The number of rotatable bonds is 6. The second kappa shape index (κ2) is 6.12. The van der Waals surface area contributed by atoms with Gasteiger partial charge in [0.1, 0.15) is 5.82 Å². The zero-order chi connectivity index (χ0) is 12.9. The van der Waals surface area contributed by atoms with Gasteiger partial charge in [-0.1, -0.05) is 12.1 Å². The van der Waals surface area contributed by atoms with Gasteiger partial charge in [0.2, 0.25) is 0 Å². The Morgan fingerprint density at radius 3 is 2.35 bits per heavy atom. The van der Waals surface area contributed by atoms with Crippen LogP contribution in [-0.2, 0) is 11.2 Å². The number of nitrogens with one attached hydrogen (secondary N) is 1. The maximum atomic E-state index is 12.8. The molecule has 0 aliphatic heterocycles. The summed E-state index contributed by atoms with van der Waals surface area (Å²) in [5, 5.41) is 3.27. The van der Waals surface area contributed by atoms with Gasteiger partial charge in [0.25, 0.3) is 0 Å². The summed E-state index contributed by atoms with van der Waals surface area (Å²) in [5.74, 6) is -0.196. The smallest absolute Gasteiger partial charge is 0.123 e. The summed E-state index contributed by atoms with van der Waals surface area (Å²) >= 11 is 0. The zero-order valence-electron chi connectivity index (χ0n) is 11.1. The molecule has 0 radical (unpaired) electrons. The predicted molar refractivity (Wildman–Crippen MR) is 68.7 cm³/mol. The van der Waals surface area contributed by atoms with Gasteiger partial charge < -0.3 is 10.1 Å². The first kappa shape index (κ1) is 14.1. The Morgan fingerprint density at radius 2 is 1.88 bits per heavy atom. The van der Waals surface area contributed by atoms with E-state index in [0.717, 1.165) is 12.0 Å². The summed E-state index contributed by atoms with van der Waals surface area (Å²) in [4.78, 5) is 0. The standard InChI is InChI=1S/C14H22FNO/c1-5-17-14(2,3)13(16-4)10-11-6-8-12(15)9-7-11/h6-9,13,16H,5,10H2,1-4H3. The molecule has 1 atom stereocenters. The summed E-state index contributed by atoms with van der Waals surface area (Å²) < 4.78 is 18.6. The van der Waals surface area contributed by atoms with E-state index in [4.69, 9.17) is 4.74 Å². The third-order valence-electron chi connectivity index (χ3n) is 3.06. The fraction of sp³-hybridized carbons (Fsp3) is 0.571. The molecule has 0 aliphatic carbocycles. The molecule has 17 heavy (non-hydrogen) atoms. The highest BCUT2D eigenvalue weighted by Gasteiger charge is 2.28. The molecule has 0 spiro atoms. The average Bonchev–Trinajstić information content (AvgIpc) is 2.28. The monoisotopic (exact) mass is 239 g/mol. The number of hydrogen-bond donors (Lipinski definition) is 1. The molecule has 0 fully saturated rings. The SMILES string of the molecule is CCOC(C)(C)C(Cc1ccc(F)cc1)NC. The van der Waals surface area contributed by atoms with Crippen LogP contribution < -0.4 is 5.32 Å². The second-order valence-corrected chi connectivity index (χ2v) is 4.71. The van der Waals surface area contributed by atoms with Crippen LogP contribution in [0.4, 0.5) is 4.39 Å². The normalized spacial score (nSPS) is 13.7. The van der Waals surface area contributed by atoms with Crippen LogP contribution in [-0.4, -0.2) is 25.3 Å². The van der Waals surface area contributed by atoms with Crippen LogP contribution in [0.1, 0.15) is 26.3 Å². The summed E-state index contributed by atoms with van der Waals surface area (Å²) in [6.07, 6.45) is 0.823. The molecule has 0 saturated heterocycles. The highest BCUT2D eigenvalue weighted by molar-refractivity contribution is 5.18. The first-order valence-electron chi connectivity index (χ1n) is 6.05. The summed E-state index contributed by atoms with van der Waals surface area (Å²) in [6, 6.07) is 6.84. The molecule has 0 heterocycles. The zero-order valence-corrected chi connectivity index (χ0v) is 11.1. The van der Waals surface area contributed by atoms with Gasteiger partial charge in [0.15, 0.2) is 0 Å². The molecular weight excluding hydrogens is 217 g/mol. The number of ether oxygens (including phenoxy) is 1. The fourth-order valence-corrected chi connectivity index (χ4v) is 2.02. The van der Waals surface area contributed by atoms with Gasteiger partial charge >= 0.3 is 0 Å². The Kier molecular flexibility index (Phi) is 5.09. The lowest BCUT2D eigenvalue weighted by atomic mass is 9.92. The summed E-state index contributed by atoms with van der Waals surface area (Å²) in [7, 11) is 1.93. The summed E-state index contributed by atoms with van der Waals surface area (Å²) in [5.41, 5.74) is 0.872. The van der Waals surface area contributed by atoms with Crippen molar-refractivity contribution in [3.63, 3.8) is 0 Å². The van der Waals surface area contributed by atoms with E-state index in [1.54, 1.807) is 0 Å². The molecule has 1 rings (SSSR count). The van der Waals surface area contributed by atoms with Crippen molar-refractivity contribution in [3.05, 3.63) is 35.6 Å². The number of likely N-dealkylation sites (N-methyl/N-ethyl adjacent to an activating group) is 1. The number of hydrogen-bond acceptors (Lipinski definition) is 2. The van der Waals surface area contributed by atoms with Gasteiger partial charge in [-0.3, -0.25) is 0 Å². The maximum absolute atomic E-state index is 12.8. The molecule has 0 aliphatic rings. The first-order chi connectivity index (χ1) is 7.99. The lowest BCUT2D eigenvalue weighted by Gasteiger charge is -2.34. The largest absolute Gasteiger partial charge is 0.374 e. The number of halogens is 1. The van der Waals surface area contributed by atoms with E-state index in [-0.39, 0.29) is 17.5 Å². The molecule has 0 saturated carbocycles. The lowest BCUT2D eigenvalue weighted by Crippen LogP contribution is -2.48. The molecule has 2 nitrogen and oxygen atoms in total. The van der Waals surface area contributed by atoms with E-state index >= 15 is 0 Å². The quantitative estimate of drug-likeness (QED) is 0.824. The first-order valence-corrected chi connectivity index (χ1v) is 6.05. The van der Waals surface area contributed by atoms with Gasteiger partial charge in [-0.05, 0) is 51.9 Å². The third-order valence-corrected chi connectivity index (χ3v) is 3.06. The Morgan fingerprint density at radius 1 is 1.29 bits per heavy atom. The van der Waals surface area contributed by atoms with Gasteiger partial charge in [-0.25, -0.2) is 4.39 Å². The van der Waals surface area contributed by atoms with E-state index in [2.05, 4.69) is 19.2 Å². The van der Waals surface area contributed by atoms with Crippen LogP contribution in [0.5, 0.6) is 0 Å². The minimum Gasteiger partial charge on any atom is -0.374 e. The summed E-state index contributed by atoms with van der Waals surface area (Å²) in [6.45, 7) is 6.82. The molecule has 96 valence electrons. The van der Waals surface area contributed by atoms with Crippen molar-refractivity contribution in [1.29, 1.82) is 0 Å². The van der Waals surface area contributed by atoms with Crippen molar-refractivity contribution in [2.24, 2.45) is 0 Å². The van der Waals surface area contributed by atoms with Crippen LogP contribution in [0.15, 0.2) is 24.3 Å². The van der Waals surface area contributed by atoms with E-state index in [9.17, 15) is 4.39 Å². The van der Waals surface area contributed by atoms with Crippen molar-refractivity contribution in [2.45, 2.75) is 38.8 Å². The molecule has 0 aromatic heterocycles. The average molecular weight is 239 g/mol. The van der Waals surface area contributed by atoms with Crippen LogP contribution in [0.3, 0.4) is 0 Å². The van der Waals surface area contributed by atoms with Gasteiger partial charge in [-0.2, -0.15) is 0 Å². The lowest BCUT2D eigenvalue weighted by molar-refractivity contribution is -0.0363. The highest BCUT2D eigenvalue weighted by Crippen LogP contribution is 2.19. The molecular formula is C14H22FNO. The van der Waals surface area contributed by atoms with Gasteiger partial charge in [-0.15, -0.1) is 0 Å². The van der Waals surface area contributed by atoms with E-state index in [1.807, 2.05) is 26.1 Å². The minimum atomic E-state index is -0.238. The van der Waals surface area contributed by atoms with Crippen molar-refractivity contribution in [3.8, 4) is 0 Å². The Hall–Kier alpha value is -0.930. The van der Waals surface area contributed by atoms with Crippen molar-refractivity contribution in [1.82, 2.24) is 5.32 Å². The maximum Gasteiger partial charge on any atom is 0.123 e. The molecule has 1 aromatic rings. The Balaban J connectivity index is 2.72. The topological polar surface area (TPSA) is 21.3 Å². The Bertz CT molecular complexity index is 335. The molecule has 1 aromatic carbocycles. The molecule has 0 bridgehead atoms. The predicted octanol–water partition coefficient (Wildman–Crippen LogP) is 2.77. The van der Waals surface area contributed by atoms with Crippen LogP contribution in [0.25, 0.3) is 0 Å². The minimum absolute atomic E-state index is 0.196. The fourth-order valence-electron chi connectivity index (χ4n) is 2.02. The van der Waals surface area contributed by atoms with Crippen molar-refractivity contribution < 1.29 is 9.13 Å². The van der Waals surface area contributed by atoms with Crippen molar-refractivity contribution >= 4 is 0 Å². The van der Waals surface area contributed by atoms with Crippen LogP contribution >= 0.6 is 0 Å². The van der Waals surface area contributed by atoms with E-state index < -0.39 is 0 Å². The van der Waals surface area contributed by atoms with Gasteiger partial charge in [0.05, 0.1) is 5.60 Å². The Labute approximate surface area is 103 Å². The van der Waals surface area contributed by atoms with E-state index in [0.29, 0.717) is 6.61 Å². The molecule has 1 unspecified atom stereocenters. The van der Waals surface area contributed by atoms with Crippen molar-refractivity contribution in [2.75, 3.05) is 13.7 Å². The van der Waals surface area contributed by atoms with Gasteiger partial charge in [0, 0.05) is 12.6 Å². The van der Waals surface area contributed by atoms with Crippen LogP contribution in [0, 0.1) is 5.82 Å². The molecule has 0 amide bonds. The molecule has 3 heteroatoms.